The van der Waals surface area contributed by atoms with Crippen LogP contribution in [0.15, 0.2) is 65.6 Å². The molecular formula is C22H19F3N2O4S. The predicted octanol–water partition coefficient (Wildman–Crippen LogP) is 4.78. The molecule has 32 heavy (non-hydrogen) atoms. The first kappa shape index (κ1) is 22.1. The minimum atomic E-state index is -4.86. The summed E-state index contributed by atoms with van der Waals surface area (Å²) in [5, 5.41) is 3.83. The van der Waals surface area contributed by atoms with Crippen molar-refractivity contribution < 1.29 is 31.1 Å². The summed E-state index contributed by atoms with van der Waals surface area (Å²) >= 11 is 0. The van der Waals surface area contributed by atoms with Crippen LogP contribution in [0.5, 0.6) is 0 Å². The zero-order valence-electron chi connectivity index (χ0n) is 16.6. The number of ether oxygens (including phenoxy) is 1. The molecule has 1 aliphatic heterocycles. The summed E-state index contributed by atoms with van der Waals surface area (Å²) in [6.07, 6.45) is -4.38. The van der Waals surface area contributed by atoms with Gasteiger partial charge in [0.2, 0.25) is 0 Å². The number of fused-ring (bicyclic) bond motifs is 1. The van der Waals surface area contributed by atoms with E-state index in [4.69, 9.17) is 4.74 Å². The fraction of sp³-hybridized carbons (Fsp3) is 0.227. The summed E-state index contributed by atoms with van der Waals surface area (Å²) in [6, 6.07) is 14.2. The Labute approximate surface area is 182 Å². The van der Waals surface area contributed by atoms with Crippen LogP contribution in [0.2, 0.25) is 0 Å². The van der Waals surface area contributed by atoms with E-state index in [9.17, 15) is 26.4 Å². The maximum atomic E-state index is 13.7. The summed E-state index contributed by atoms with van der Waals surface area (Å²) in [7, 11) is -4.29. The average molecular weight is 464 g/mol. The Balaban J connectivity index is 1.63. The van der Waals surface area contributed by atoms with Gasteiger partial charge in [-0.05, 0) is 53.9 Å². The third kappa shape index (κ3) is 4.71. The van der Waals surface area contributed by atoms with Crippen molar-refractivity contribution in [2.24, 2.45) is 0 Å². The molecule has 0 spiro atoms. The molecule has 0 saturated carbocycles. The number of sulfonamides is 1. The van der Waals surface area contributed by atoms with Gasteiger partial charge >= 0.3 is 6.18 Å². The summed E-state index contributed by atoms with van der Waals surface area (Å²) < 4.78 is 73.9. The Kier molecular flexibility index (Phi) is 5.83. The maximum absolute atomic E-state index is 13.7. The van der Waals surface area contributed by atoms with E-state index in [2.05, 4.69) is 5.32 Å². The number of alkyl halides is 3. The maximum Gasteiger partial charge on any atom is 0.418 e. The highest BCUT2D eigenvalue weighted by Crippen LogP contribution is 2.37. The number of benzene rings is 3. The Morgan fingerprint density at radius 1 is 1.00 bits per heavy atom. The number of hydrogen-bond acceptors (Lipinski definition) is 4. The SMILES string of the molecule is O=C(Nc1ccc(NS(=O)(=O)c2ccc3ccccc3c2)c(C(F)(F)F)c1)[C@H]1CCCO1. The van der Waals surface area contributed by atoms with Crippen molar-refractivity contribution in [3.63, 3.8) is 0 Å². The van der Waals surface area contributed by atoms with Crippen LogP contribution < -0.4 is 10.0 Å². The number of amides is 1. The first-order valence-corrected chi connectivity index (χ1v) is 11.3. The summed E-state index contributed by atoms with van der Waals surface area (Å²) in [5.74, 6) is -0.542. The average Bonchev–Trinajstić information content (AvgIpc) is 3.28. The fourth-order valence-corrected chi connectivity index (χ4v) is 4.61. The Morgan fingerprint density at radius 3 is 2.44 bits per heavy atom. The predicted molar refractivity (Wildman–Crippen MR) is 114 cm³/mol. The van der Waals surface area contributed by atoms with Gasteiger partial charge in [-0.25, -0.2) is 8.42 Å². The molecule has 1 aliphatic rings. The second-order valence-corrected chi connectivity index (χ2v) is 9.05. The Morgan fingerprint density at radius 2 is 1.75 bits per heavy atom. The number of nitrogens with one attached hydrogen (secondary N) is 2. The zero-order chi connectivity index (χ0) is 22.9. The van der Waals surface area contributed by atoms with Gasteiger partial charge < -0.3 is 10.1 Å². The molecule has 1 heterocycles. The monoisotopic (exact) mass is 464 g/mol. The molecule has 4 rings (SSSR count). The quantitative estimate of drug-likeness (QED) is 0.569. The van der Waals surface area contributed by atoms with Gasteiger partial charge in [-0.2, -0.15) is 13.2 Å². The molecule has 0 aromatic heterocycles. The Bertz CT molecular complexity index is 1270. The van der Waals surface area contributed by atoms with Gasteiger partial charge in [0.05, 0.1) is 16.1 Å². The molecule has 1 atom stereocenters. The van der Waals surface area contributed by atoms with Crippen LogP contribution in [-0.2, 0) is 25.7 Å². The summed E-state index contributed by atoms with van der Waals surface area (Å²) in [4.78, 5) is 12.0. The standard InChI is InChI=1S/C22H19F3N2O4S/c23-22(24,25)18-13-16(26-21(28)20-6-3-11-31-20)8-10-19(18)27-32(29,30)17-9-7-14-4-1-2-5-15(14)12-17/h1-2,4-5,7-10,12-13,20,27H,3,6,11H2,(H,26,28)/t20-/m1/s1. The van der Waals surface area contributed by atoms with Crippen LogP contribution in [-0.4, -0.2) is 27.0 Å². The van der Waals surface area contributed by atoms with Crippen LogP contribution in [0.1, 0.15) is 18.4 Å². The molecule has 10 heteroatoms. The normalized spacial score (nSPS) is 16.8. The molecule has 1 amide bonds. The first-order chi connectivity index (χ1) is 15.1. The largest absolute Gasteiger partial charge is 0.418 e. The van der Waals surface area contributed by atoms with Crippen molar-refractivity contribution in [2.75, 3.05) is 16.6 Å². The molecule has 3 aromatic carbocycles. The second kappa shape index (κ2) is 8.44. The van der Waals surface area contributed by atoms with E-state index < -0.39 is 39.5 Å². The van der Waals surface area contributed by atoms with Crippen molar-refractivity contribution in [1.82, 2.24) is 0 Å². The number of rotatable bonds is 5. The van der Waals surface area contributed by atoms with Crippen molar-refractivity contribution in [3.8, 4) is 0 Å². The van der Waals surface area contributed by atoms with E-state index in [0.29, 0.717) is 30.9 Å². The van der Waals surface area contributed by atoms with E-state index in [1.807, 2.05) is 4.72 Å². The molecule has 0 aliphatic carbocycles. The third-order valence-corrected chi connectivity index (χ3v) is 6.45. The minimum Gasteiger partial charge on any atom is -0.368 e. The molecule has 0 unspecified atom stereocenters. The van der Waals surface area contributed by atoms with Crippen molar-refractivity contribution in [2.45, 2.75) is 30.0 Å². The number of carbonyl (C=O) groups is 1. The molecule has 1 saturated heterocycles. The lowest BCUT2D eigenvalue weighted by Gasteiger charge is -2.17. The van der Waals surface area contributed by atoms with Gasteiger partial charge in [-0.1, -0.05) is 30.3 Å². The van der Waals surface area contributed by atoms with E-state index >= 15 is 0 Å². The molecule has 0 radical (unpaired) electrons. The topological polar surface area (TPSA) is 84.5 Å². The smallest absolute Gasteiger partial charge is 0.368 e. The van der Waals surface area contributed by atoms with E-state index in [0.717, 1.165) is 11.5 Å². The highest BCUT2D eigenvalue weighted by molar-refractivity contribution is 7.92. The third-order valence-electron chi connectivity index (χ3n) is 5.09. The van der Waals surface area contributed by atoms with Crippen molar-refractivity contribution in [3.05, 3.63) is 66.2 Å². The number of halogens is 3. The molecule has 0 bridgehead atoms. The molecule has 1 fully saturated rings. The van der Waals surface area contributed by atoms with Crippen molar-refractivity contribution >= 4 is 38.1 Å². The van der Waals surface area contributed by atoms with Gasteiger partial charge in [0.15, 0.2) is 0 Å². The highest BCUT2D eigenvalue weighted by Gasteiger charge is 2.35. The summed E-state index contributed by atoms with van der Waals surface area (Å²) in [5.41, 5.74) is -1.96. The second-order valence-electron chi connectivity index (χ2n) is 7.36. The van der Waals surface area contributed by atoms with Crippen molar-refractivity contribution in [1.29, 1.82) is 0 Å². The van der Waals surface area contributed by atoms with Crippen LogP contribution in [0.25, 0.3) is 10.8 Å². The van der Waals surface area contributed by atoms with E-state index in [1.54, 1.807) is 30.3 Å². The lowest BCUT2D eigenvalue weighted by atomic mass is 10.1. The summed E-state index contributed by atoms with van der Waals surface area (Å²) in [6.45, 7) is 0.418. The molecular weight excluding hydrogens is 445 g/mol. The fourth-order valence-electron chi connectivity index (χ4n) is 3.49. The number of anilines is 2. The molecule has 2 N–H and O–H groups in total. The van der Waals surface area contributed by atoms with Gasteiger partial charge in [0, 0.05) is 12.3 Å². The lowest BCUT2D eigenvalue weighted by molar-refractivity contribution is -0.137. The van der Waals surface area contributed by atoms with Gasteiger partial charge in [-0.3, -0.25) is 9.52 Å². The molecule has 3 aromatic rings. The number of carbonyl (C=O) groups excluding carboxylic acids is 1. The van der Waals surface area contributed by atoms with Gasteiger partial charge in [0.1, 0.15) is 6.10 Å². The van der Waals surface area contributed by atoms with Crippen LogP contribution in [0, 0.1) is 0 Å². The highest BCUT2D eigenvalue weighted by atomic mass is 32.2. The zero-order valence-corrected chi connectivity index (χ0v) is 17.5. The lowest BCUT2D eigenvalue weighted by Crippen LogP contribution is -2.27. The number of hydrogen-bond donors (Lipinski definition) is 2. The van der Waals surface area contributed by atoms with Crippen LogP contribution in [0.3, 0.4) is 0 Å². The first-order valence-electron chi connectivity index (χ1n) is 9.79. The van der Waals surface area contributed by atoms with Crippen LogP contribution >= 0.6 is 0 Å². The van der Waals surface area contributed by atoms with Crippen LogP contribution in [0.4, 0.5) is 24.5 Å². The van der Waals surface area contributed by atoms with Gasteiger partial charge in [0.25, 0.3) is 15.9 Å². The van der Waals surface area contributed by atoms with E-state index in [1.165, 1.54) is 18.2 Å². The molecule has 168 valence electrons. The Hall–Kier alpha value is -3.11. The molecule has 6 nitrogen and oxygen atoms in total. The minimum absolute atomic E-state index is 0.105. The van der Waals surface area contributed by atoms with E-state index in [-0.39, 0.29) is 10.6 Å². The van der Waals surface area contributed by atoms with Gasteiger partial charge in [-0.15, -0.1) is 0 Å².